The number of nitrogens with zero attached hydrogens (tertiary/aromatic N) is 2. The van der Waals surface area contributed by atoms with Gasteiger partial charge in [-0.3, -0.25) is 0 Å². The summed E-state index contributed by atoms with van der Waals surface area (Å²) < 4.78 is 10.9. The minimum absolute atomic E-state index is 0.329. The second-order valence-corrected chi connectivity index (χ2v) is 6.61. The molecule has 5 heteroatoms. The third-order valence-corrected chi connectivity index (χ3v) is 4.75. The van der Waals surface area contributed by atoms with E-state index < -0.39 is 0 Å². The molecular formula is C21H23N3O2. The van der Waals surface area contributed by atoms with E-state index in [1.165, 1.54) is 11.1 Å². The van der Waals surface area contributed by atoms with Crippen molar-refractivity contribution in [2.24, 2.45) is 0 Å². The van der Waals surface area contributed by atoms with Gasteiger partial charge in [-0.05, 0) is 36.5 Å². The predicted molar refractivity (Wildman–Crippen MR) is 100 cm³/mol. The third-order valence-electron chi connectivity index (χ3n) is 4.75. The molecule has 1 aliphatic rings. The number of hydrogen-bond donors (Lipinski definition) is 1. The van der Waals surface area contributed by atoms with E-state index in [1.807, 2.05) is 12.1 Å². The summed E-state index contributed by atoms with van der Waals surface area (Å²) in [5, 5.41) is 7.59. The van der Waals surface area contributed by atoms with Crippen LogP contribution in [-0.2, 0) is 17.7 Å². The number of para-hydroxylation sites is 1. The van der Waals surface area contributed by atoms with Crippen LogP contribution in [0, 0.1) is 0 Å². The van der Waals surface area contributed by atoms with Crippen LogP contribution in [0.15, 0.2) is 59.1 Å². The van der Waals surface area contributed by atoms with Gasteiger partial charge in [0.25, 0.3) is 0 Å². The highest BCUT2D eigenvalue weighted by Crippen LogP contribution is 2.25. The van der Waals surface area contributed by atoms with Crippen LogP contribution in [0.25, 0.3) is 0 Å². The zero-order valence-corrected chi connectivity index (χ0v) is 14.7. The van der Waals surface area contributed by atoms with Crippen molar-refractivity contribution in [1.82, 2.24) is 10.1 Å². The number of nitrogens with one attached hydrogen (secondary N) is 1. The first kappa shape index (κ1) is 16.8. The molecule has 2 aromatic carbocycles. The molecule has 0 atom stereocenters. The van der Waals surface area contributed by atoms with Gasteiger partial charge in [-0.1, -0.05) is 53.7 Å². The summed E-state index contributed by atoms with van der Waals surface area (Å²) >= 11 is 0. The van der Waals surface area contributed by atoms with Crippen molar-refractivity contribution in [2.75, 3.05) is 18.5 Å². The van der Waals surface area contributed by atoms with E-state index >= 15 is 0 Å². The van der Waals surface area contributed by atoms with E-state index in [0.717, 1.165) is 44.1 Å². The van der Waals surface area contributed by atoms with Gasteiger partial charge in [0.05, 0.1) is 6.54 Å². The first-order chi connectivity index (χ1) is 12.9. The van der Waals surface area contributed by atoms with Gasteiger partial charge >= 0.3 is 0 Å². The summed E-state index contributed by atoms with van der Waals surface area (Å²) in [4.78, 5) is 4.57. The van der Waals surface area contributed by atoms with Crippen molar-refractivity contribution < 1.29 is 9.26 Å². The zero-order valence-electron chi connectivity index (χ0n) is 14.7. The highest BCUT2D eigenvalue weighted by Gasteiger charge is 2.21. The lowest BCUT2D eigenvalue weighted by molar-refractivity contribution is 0.0778. The Morgan fingerprint density at radius 1 is 0.962 bits per heavy atom. The lowest BCUT2D eigenvalue weighted by Gasteiger charge is -2.17. The fraction of sp³-hybridized carbons (Fsp3) is 0.333. The monoisotopic (exact) mass is 349 g/mol. The molecule has 3 aromatic rings. The largest absolute Gasteiger partial charge is 0.381 e. The molecule has 1 aliphatic heterocycles. The van der Waals surface area contributed by atoms with Crippen molar-refractivity contribution in [3.8, 4) is 0 Å². The molecule has 0 aliphatic carbocycles. The van der Waals surface area contributed by atoms with Crippen LogP contribution in [0.5, 0.6) is 0 Å². The SMILES string of the molecule is c1ccc(Cc2ccccc2NCc2noc(C3CCOCC3)n2)cc1. The Bertz CT molecular complexity index is 826. The fourth-order valence-corrected chi connectivity index (χ4v) is 3.29. The summed E-state index contributed by atoms with van der Waals surface area (Å²) in [6.45, 7) is 2.10. The topological polar surface area (TPSA) is 60.2 Å². The zero-order chi connectivity index (χ0) is 17.6. The Kier molecular flexibility index (Phi) is 5.26. The molecule has 1 saturated heterocycles. The lowest BCUT2D eigenvalue weighted by atomic mass is 10.0. The van der Waals surface area contributed by atoms with Crippen LogP contribution in [0.3, 0.4) is 0 Å². The predicted octanol–water partition coefficient (Wildman–Crippen LogP) is 4.17. The minimum atomic E-state index is 0.329. The molecule has 0 spiro atoms. The average Bonchev–Trinajstić information content (AvgIpc) is 3.18. The Morgan fingerprint density at radius 2 is 1.73 bits per heavy atom. The third kappa shape index (κ3) is 4.11. The van der Waals surface area contributed by atoms with E-state index in [1.54, 1.807) is 0 Å². The van der Waals surface area contributed by atoms with E-state index in [2.05, 4.69) is 57.9 Å². The van der Waals surface area contributed by atoms with Crippen LogP contribution in [0.1, 0.15) is 41.6 Å². The molecule has 1 N–H and O–H groups in total. The van der Waals surface area contributed by atoms with Crippen molar-refractivity contribution in [2.45, 2.75) is 31.7 Å². The molecule has 26 heavy (non-hydrogen) atoms. The number of rotatable bonds is 6. The highest BCUT2D eigenvalue weighted by molar-refractivity contribution is 5.52. The maximum atomic E-state index is 5.46. The smallest absolute Gasteiger partial charge is 0.229 e. The molecule has 4 rings (SSSR count). The van der Waals surface area contributed by atoms with E-state index in [9.17, 15) is 0 Å². The molecule has 0 radical (unpaired) electrons. The molecule has 0 saturated carbocycles. The summed E-state index contributed by atoms with van der Waals surface area (Å²) in [6.07, 6.45) is 2.80. The van der Waals surface area contributed by atoms with Gasteiger partial charge in [0.2, 0.25) is 5.89 Å². The maximum Gasteiger partial charge on any atom is 0.229 e. The van der Waals surface area contributed by atoms with Crippen molar-refractivity contribution in [3.63, 3.8) is 0 Å². The van der Waals surface area contributed by atoms with Crippen LogP contribution in [0.2, 0.25) is 0 Å². The molecular weight excluding hydrogens is 326 g/mol. The molecule has 0 bridgehead atoms. The van der Waals surface area contributed by atoms with Gasteiger partial charge in [0.15, 0.2) is 5.82 Å². The van der Waals surface area contributed by atoms with Crippen LogP contribution >= 0.6 is 0 Å². The van der Waals surface area contributed by atoms with Gasteiger partial charge < -0.3 is 14.6 Å². The van der Waals surface area contributed by atoms with Crippen LogP contribution in [-0.4, -0.2) is 23.4 Å². The number of hydrogen-bond acceptors (Lipinski definition) is 5. The Balaban J connectivity index is 1.41. The second-order valence-electron chi connectivity index (χ2n) is 6.61. The molecule has 5 nitrogen and oxygen atoms in total. The molecule has 134 valence electrons. The number of benzene rings is 2. The number of aromatic nitrogens is 2. The quantitative estimate of drug-likeness (QED) is 0.724. The minimum Gasteiger partial charge on any atom is -0.381 e. The van der Waals surface area contributed by atoms with Gasteiger partial charge in [0.1, 0.15) is 0 Å². The van der Waals surface area contributed by atoms with E-state index in [4.69, 9.17) is 9.26 Å². The Hall–Kier alpha value is -2.66. The summed E-state index contributed by atoms with van der Waals surface area (Å²) in [7, 11) is 0. The van der Waals surface area contributed by atoms with E-state index in [-0.39, 0.29) is 0 Å². The fourth-order valence-electron chi connectivity index (χ4n) is 3.29. The highest BCUT2D eigenvalue weighted by atomic mass is 16.5. The maximum absolute atomic E-state index is 5.46. The summed E-state index contributed by atoms with van der Waals surface area (Å²) in [5.74, 6) is 1.76. The summed E-state index contributed by atoms with van der Waals surface area (Å²) in [6, 6.07) is 18.8. The second kappa shape index (κ2) is 8.15. The Labute approximate surface area is 153 Å². The van der Waals surface area contributed by atoms with Crippen LogP contribution in [0.4, 0.5) is 5.69 Å². The first-order valence-corrected chi connectivity index (χ1v) is 9.14. The van der Waals surface area contributed by atoms with Gasteiger partial charge in [0, 0.05) is 24.8 Å². The summed E-state index contributed by atoms with van der Waals surface area (Å²) in [5.41, 5.74) is 3.66. The normalized spacial score (nSPS) is 15.1. The molecule has 0 unspecified atom stereocenters. The molecule has 1 aromatic heterocycles. The number of anilines is 1. The number of ether oxygens (including phenoxy) is 1. The molecule has 1 fully saturated rings. The van der Waals surface area contributed by atoms with E-state index in [0.29, 0.717) is 18.3 Å². The first-order valence-electron chi connectivity index (χ1n) is 9.14. The Morgan fingerprint density at radius 3 is 2.58 bits per heavy atom. The van der Waals surface area contributed by atoms with Crippen LogP contribution < -0.4 is 5.32 Å². The van der Waals surface area contributed by atoms with Crippen molar-refractivity contribution in [3.05, 3.63) is 77.4 Å². The van der Waals surface area contributed by atoms with Gasteiger partial charge in [-0.15, -0.1) is 0 Å². The molecule has 0 amide bonds. The lowest BCUT2D eigenvalue weighted by Crippen LogP contribution is -2.14. The molecule has 2 heterocycles. The van der Waals surface area contributed by atoms with Gasteiger partial charge in [-0.2, -0.15) is 4.98 Å². The van der Waals surface area contributed by atoms with Crippen molar-refractivity contribution in [1.29, 1.82) is 0 Å². The average molecular weight is 349 g/mol. The van der Waals surface area contributed by atoms with Gasteiger partial charge in [-0.25, -0.2) is 0 Å². The standard InChI is InChI=1S/C21H23N3O2/c1-2-6-16(7-3-1)14-18-8-4-5-9-19(18)22-15-20-23-21(26-24-20)17-10-12-25-13-11-17/h1-9,17,22H,10-15H2. The van der Waals surface area contributed by atoms with Crippen molar-refractivity contribution >= 4 is 5.69 Å².